The van der Waals surface area contributed by atoms with Crippen LogP contribution in [0.25, 0.3) is 0 Å². The molecule has 1 heterocycles. The standard InChI is InChI=1S/C11H16N2O4/c1-11(2,3)17-10(14)12-7-4-5-9(12)6-8-13(15)16/h4-5,7H,6,8H2,1-3H3. The highest BCUT2D eigenvalue weighted by atomic mass is 16.6. The molecular weight excluding hydrogens is 224 g/mol. The van der Waals surface area contributed by atoms with E-state index >= 15 is 0 Å². The van der Waals surface area contributed by atoms with Gasteiger partial charge in [-0.15, -0.1) is 0 Å². The van der Waals surface area contributed by atoms with E-state index in [0.717, 1.165) is 0 Å². The van der Waals surface area contributed by atoms with E-state index in [0.29, 0.717) is 5.69 Å². The van der Waals surface area contributed by atoms with Gasteiger partial charge >= 0.3 is 6.09 Å². The van der Waals surface area contributed by atoms with E-state index in [1.54, 1.807) is 39.1 Å². The van der Waals surface area contributed by atoms with Crippen molar-refractivity contribution in [3.8, 4) is 0 Å². The SMILES string of the molecule is CC(C)(C)OC(=O)n1cccc1CC[N+](=O)[O-]. The fraction of sp³-hybridized carbons (Fsp3) is 0.545. The lowest BCUT2D eigenvalue weighted by Crippen LogP contribution is -2.28. The van der Waals surface area contributed by atoms with E-state index in [-0.39, 0.29) is 13.0 Å². The molecule has 1 aromatic heterocycles. The molecule has 0 radical (unpaired) electrons. The van der Waals surface area contributed by atoms with Gasteiger partial charge in [0.25, 0.3) is 0 Å². The number of nitro groups is 1. The summed E-state index contributed by atoms with van der Waals surface area (Å²) in [6.45, 7) is 5.11. The first-order valence-electron chi connectivity index (χ1n) is 5.31. The summed E-state index contributed by atoms with van der Waals surface area (Å²) in [6.07, 6.45) is 1.24. The molecule has 0 aromatic carbocycles. The van der Waals surface area contributed by atoms with E-state index < -0.39 is 16.6 Å². The van der Waals surface area contributed by atoms with Crippen molar-refractivity contribution in [1.82, 2.24) is 4.57 Å². The van der Waals surface area contributed by atoms with E-state index in [4.69, 9.17) is 4.74 Å². The topological polar surface area (TPSA) is 74.4 Å². The molecule has 1 aromatic rings. The maximum atomic E-state index is 11.8. The number of carbonyl (C=O) groups is 1. The summed E-state index contributed by atoms with van der Waals surface area (Å²) in [4.78, 5) is 21.6. The number of carbonyl (C=O) groups excluding carboxylic acids is 1. The molecule has 17 heavy (non-hydrogen) atoms. The molecule has 0 aliphatic heterocycles. The van der Waals surface area contributed by atoms with Crippen molar-refractivity contribution in [2.24, 2.45) is 0 Å². The number of rotatable bonds is 3. The predicted octanol–water partition coefficient (Wildman–Crippen LogP) is 2.09. The normalized spacial score (nSPS) is 11.2. The molecule has 94 valence electrons. The van der Waals surface area contributed by atoms with Gasteiger partial charge in [0.2, 0.25) is 6.54 Å². The van der Waals surface area contributed by atoms with Gasteiger partial charge in [-0.1, -0.05) is 0 Å². The summed E-state index contributed by atoms with van der Waals surface area (Å²) < 4.78 is 6.48. The first kappa shape index (κ1) is 13.2. The molecule has 0 bridgehead atoms. The maximum Gasteiger partial charge on any atom is 0.418 e. The van der Waals surface area contributed by atoms with Crippen LogP contribution in [0.2, 0.25) is 0 Å². The zero-order valence-electron chi connectivity index (χ0n) is 10.2. The van der Waals surface area contributed by atoms with Crippen LogP contribution in [0.1, 0.15) is 26.5 Å². The minimum Gasteiger partial charge on any atom is -0.443 e. The van der Waals surface area contributed by atoms with Gasteiger partial charge in [0.05, 0.1) is 6.42 Å². The average molecular weight is 240 g/mol. The highest BCUT2D eigenvalue weighted by molar-refractivity contribution is 5.72. The van der Waals surface area contributed by atoms with Gasteiger partial charge in [-0.3, -0.25) is 14.7 Å². The molecule has 1 rings (SSSR count). The average Bonchev–Trinajstić information content (AvgIpc) is 2.59. The molecule has 0 unspecified atom stereocenters. The van der Waals surface area contributed by atoms with Crippen LogP contribution in [0.15, 0.2) is 18.3 Å². The highest BCUT2D eigenvalue weighted by Crippen LogP contribution is 2.11. The molecule has 0 aliphatic carbocycles. The van der Waals surface area contributed by atoms with E-state index in [9.17, 15) is 14.9 Å². The van der Waals surface area contributed by atoms with Crippen LogP contribution in [0.3, 0.4) is 0 Å². The zero-order chi connectivity index (χ0) is 13.1. The van der Waals surface area contributed by atoms with Crippen molar-refractivity contribution in [3.63, 3.8) is 0 Å². The molecule has 0 saturated carbocycles. The van der Waals surface area contributed by atoms with Gasteiger partial charge < -0.3 is 4.74 Å². The Bertz CT molecular complexity index is 417. The van der Waals surface area contributed by atoms with Gasteiger partial charge in [0.1, 0.15) is 5.60 Å². The molecule has 0 fully saturated rings. The van der Waals surface area contributed by atoms with Gasteiger partial charge in [-0.05, 0) is 32.9 Å². The molecule has 0 N–H and O–H groups in total. The maximum absolute atomic E-state index is 11.8. The van der Waals surface area contributed by atoms with E-state index in [1.807, 2.05) is 0 Å². The molecule has 0 aliphatic rings. The molecular formula is C11H16N2O4. The van der Waals surface area contributed by atoms with Gasteiger partial charge in [0.15, 0.2) is 0 Å². The van der Waals surface area contributed by atoms with Crippen molar-refractivity contribution in [2.45, 2.75) is 32.8 Å². The smallest absolute Gasteiger partial charge is 0.418 e. The second-order valence-electron chi connectivity index (χ2n) is 4.66. The number of ether oxygens (including phenoxy) is 1. The predicted molar refractivity (Wildman–Crippen MR) is 61.6 cm³/mol. The molecule has 0 atom stereocenters. The van der Waals surface area contributed by atoms with Crippen molar-refractivity contribution < 1.29 is 14.5 Å². The van der Waals surface area contributed by atoms with Gasteiger partial charge in [0, 0.05) is 16.8 Å². The summed E-state index contributed by atoms with van der Waals surface area (Å²) in [5.41, 5.74) is -0.00204. The Morgan fingerprint density at radius 3 is 2.71 bits per heavy atom. The lowest BCUT2D eigenvalue weighted by Gasteiger charge is -2.20. The summed E-state index contributed by atoms with van der Waals surface area (Å²) in [6, 6.07) is 3.34. The van der Waals surface area contributed by atoms with Crippen molar-refractivity contribution >= 4 is 6.09 Å². The van der Waals surface area contributed by atoms with Gasteiger partial charge in [-0.25, -0.2) is 4.79 Å². The third kappa shape index (κ3) is 4.26. The number of hydrogen-bond acceptors (Lipinski definition) is 4. The summed E-state index contributed by atoms with van der Waals surface area (Å²) in [5.74, 6) is 0. The minimum absolute atomic E-state index is 0.202. The number of hydrogen-bond donors (Lipinski definition) is 0. The lowest BCUT2D eigenvalue weighted by molar-refractivity contribution is -0.479. The Hall–Kier alpha value is -1.85. The third-order valence-electron chi connectivity index (χ3n) is 1.97. The Morgan fingerprint density at radius 1 is 1.53 bits per heavy atom. The lowest BCUT2D eigenvalue weighted by atomic mass is 10.2. The number of nitrogens with zero attached hydrogens (tertiary/aromatic N) is 2. The van der Waals surface area contributed by atoms with E-state index in [1.165, 1.54) is 4.57 Å². The first-order valence-corrected chi connectivity index (χ1v) is 5.31. The zero-order valence-corrected chi connectivity index (χ0v) is 10.2. The summed E-state index contributed by atoms with van der Waals surface area (Å²) in [5, 5.41) is 10.3. The van der Waals surface area contributed by atoms with Crippen molar-refractivity contribution in [2.75, 3.05) is 6.54 Å². The highest BCUT2D eigenvalue weighted by Gasteiger charge is 2.19. The van der Waals surface area contributed by atoms with Crippen LogP contribution in [0, 0.1) is 10.1 Å². The molecule has 6 heteroatoms. The summed E-state index contributed by atoms with van der Waals surface area (Å²) >= 11 is 0. The minimum atomic E-state index is -0.582. The van der Waals surface area contributed by atoms with Crippen LogP contribution in [-0.4, -0.2) is 27.7 Å². The molecule has 6 nitrogen and oxygen atoms in total. The van der Waals surface area contributed by atoms with Crippen LogP contribution in [0.4, 0.5) is 4.79 Å². The fourth-order valence-electron chi connectivity index (χ4n) is 1.32. The third-order valence-corrected chi connectivity index (χ3v) is 1.97. The van der Waals surface area contributed by atoms with Crippen LogP contribution >= 0.6 is 0 Å². The second-order valence-corrected chi connectivity index (χ2v) is 4.66. The molecule has 0 spiro atoms. The second kappa shape index (κ2) is 4.99. The van der Waals surface area contributed by atoms with Crippen molar-refractivity contribution in [1.29, 1.82) is 0 Å². The summed E-state index contributed by atoms with van der Waals surface area (Å²) in [7, 11) is 0. The molecule has 0 amide bonds. The van der Waals surface area contributed by atoms with Gasteiger partial charge in [-0.2, -0.15) is 0 Å². The van der Waals surface area contributed by atoms with Crippen LogP contribution in [0.5, 0.6) is 0 Å². The first-order chi connectivity index (χ1) is 7.79. The van der Waals surface area contributed by atoms with E-state index in [2.05, 4.69) is 0 Å². The number of aromatic nitrogens is 1. The van der Waals surface area contributed by atoms with Crippen molar-refractivity contribution in [3.05, 3.63) is 34.1 Å². The fourth-order valence-corrected chi connectivity index (χ4v) is 1.32. The quantitative estimate of drug-likeness (QED) is 0.599. The largest absolute Gasteiger partial charge is 0.443 e. The molecule has 0 saturated heterocycles. The monoisotopic (exact) mass is 240 g/mol. The Kier molecular flexibility index (Phi) is 3.88. The Balaban J connectivity index is 2.74. The van der Waals surface area contributed by atoms with Crippen LogP contribution in [-0.2, 0) is 11.2 Å². The Morgan fingerprint density at radius 2 is 2.18 bits per heavy atom. The van der Waals surface area contributed by atoms with Crippen LogP contribution < -0.4 is 0 Å². The Labute approximate surface area is 99.3 Å².